The molecular formula is C11H19F2N. The lowest BCUT2D eigenvalue weighted by atomic mass is 10.2. The van der Waals surface area contributed by atoms with Crippen LogP contribution in [0.2, 0.25) is 0 Å². The molecule has 0 aromatic heterocycles. The largest absolute Gasteiger partial charge is 0.385 e. The number of rotatable bonds is 2. The minimum Gasteiger partial charge on any atom is -0.385 e. The van der Waals surface area contributed by atoms with Gasteiger partial charge >= 0.3 is 0 Å². The molecule has 82 valence electrons. The van der Waals surface area contributed by atoms with Gasteiger partial charge in [-0.15, -0.1) is 0 Å². The highest BCUT2D eigenvalue weighted by molar-refractivity contribution is 5.45. The van der Waals surface area contributed by atoms with Crippen LogP contribution in [0.1, 0.15) is 27.8 Å². The summed E-state index contributed by atoms with van der Waals surface area (Å²) in [5.41, 5.74) is 0.551. The van der Waals surface area contributed by atoms with Gasteiger partial charge in [-0.25, -0.2) is 8.78 Å². The Bertz CT molecular complexity index is 267. The lowest BCUT2D eigenvalue weighted by Crippen LogP contribution is -1.99. The maximum absolute atomic E-state index is 12.9. The van der Waals surface area contributed by atoms with Crippen LogP contribution >= 0.6 is 0 Å². The zero-order chi connectivity index (χ0) is 11.1. The molecule has 0 heterocycles. The zero-order valence-electron chi connectivity index (χ0n) is 9.12. The molecule has 1 aromatic carbocycles. The first-order valence-electron chi connectivity index (χ1n) is 4.84. The second-order valence-corrected chi connectivity index (χ2v) is 2.60. The summed E-state index contributed by atoms with van der Waals surface area (Å²) in [7, 11) is 0. The smallest absolute Gasteiger partial charge is 0.131 e. The van der Waals surface area contributed by atoms with Crippen LogP contribution < -0.4 is 5.32 Å². The van der Waals surface area contributed by atoms with Crippen molar-refractivity contribution >= 4 is 5.69 Å². The molecule has 1 aromatic rings. The molecule has 0 aliphatic rings. The third-order valence-electron chi connectivity index (χ3n) is 1.66. The van der Waals surface area contributed by atoms with Crippen LogP contribution in [0.4, 0.5) is 14.5 Å². The average Bonchev–Trinajstić information content (AvgIpc) is 2.18. The first-order valence-corrected chi connectivity index (χ1v) is 4.84. The van der Waals surface area contributed by atoms with Crippen LogP contribution in [-0.4, -0.2) is 6.54 Å². The summed E-state index contributed by atoms with van der Waals surface area (Å²) in [4.78, 5) is 0. The van der Waals surface area contributed by atoms with E-state index in [2.05, 4.69) is 5.32 Å². The molecule has 0 saturated carbocycles. The quantitative estimate of drug-likeness (QED) is 0.766. The van der Waals surface area contributed by atoms with Gasteiger partial charge in [0.05, 0.1) is 0 Å². The Morgan fingerprint density at radius 2 is 1.64 bits per heavy atom. The third-order valence-corrected chi connectivity index (χ3v) is 1.66. The molecule has 0 unspecified atom stereocenters. The zero-order valence-corrected chi connectivity index (χ0v) is 9.12. The van der Waals surface area contributed by atoms with E-state index in [9.17, 15) is 8.78 Å². The Labute approximate surface area is 85.6 Å². The molecule has 0 saturated heterocycles. The topological polar surface area (TPSA) is 12.0 Å². The van der Waals surface area contributed by atoms with Crippen LogP contribution in [0, 0.1) is 18.6 Å². The molecule has 3 heteroatoms. The molecule has 0 atom stereocenters. The van der Waals surface area contributed by atoms with Crippen molar-refractivity contribution in [2.24, 2.45) is 0 Å². The molecule has 0 aliphatic carbocycles. The lowest BCUT2D eigenvalue weighted by molar-refractivity contribution is 0.569. The van der Waals surface area contributed by atoms with E-state index < -0.39 is 11.6 Å². The summed E-state index contributed by atoms with van der Waals surface area (Å²) in [5, 5.41) is 2.84. The van der Waals surface area contributed by atoms with Gasteiger partial charge in [-0.3, -0.25) is 0 Å². The molecule has 1 N–H and O–H groups in total. The van der Waals surface area contributed by atoms with E-state index in [4.69, 9.17) is 0 Å². The van der Waals surface area contributed by atoms with E-state index in [1.807, 2.05) is 20.8 Å². The van der Waals surface area contributed by atoms with Gasteiger partial charge in [0.2, 0.25) is 0 Å². The Morgan fingerprint density at radius 3 is 2.00 bits per heavy atom. The highest BCUT2D eigenvalue weighted by Gasteiger charge is 2.05. The van der Waals surface area contributed by atoms with E-state index in [-0.39, 0.29) is 6.99 Å². The van der Waals surface area contributed by atoms with E-state index >= 15 is 0 Å². The second kappa shape index (κ2) is 6.35. The molecule has 1 rings (SSSR count). The molecule has 0 radical (unpaired) electrons. The fourth-order valence-corrected chi connectivity index (χ4v) is 0.951. The number of nitrogens with one attached hydrogen (secondary N) is 1. The van der Waals surface area contributed by atoms with Crippen molar-refractivity contribution < 1.29 is 10.2 Å². The minimum atomic E-state index is -0.508. The van der Waals surface area contributed by atoms with Crippen molar-refractivity contribution in [3.63, 3.8) is 0 Å². The lowest BCUT2D eigenvalue weighted by Gasteiger charge is -2.05. The monoisotopic (exact) mass is 203 g/mol. The summed E-state index contributed by atoms with van der Waals surface area (Å²) in [6.45, 7) is 7.94. The molecule has 0 amide bonds. The van der Waals surface area contributed by atoms with Crippen molar-refractivity contribution in [3.8, 4) is 0 Å². The average molecular weight is 203 g/mol. The predicted molar refractivity (Wildman–Crippen MR) is 58.7 cm³/mol. The maximum Gasteiger partial charge on any atom is 0.131 e. The van der Waals surface area contributed by atoms with Gasteiger partial charge < -0.3 is 5.32 Å². The number of anilines is 1. The molecule has 0 aliphatic heterocycles. The Hall–Kier alpha value is -1.12. The van der Waals surface area contributed by atoms with Crippen LogP contribution in [0.5, 0.6) is 0 Å². The normalized spacial score (nSPS) is 9.00. The first-order chi connectivity index (χ1) is 6.65. The van der Waals surface area contributed by atoms with Crippen molar-refractivity contribution in [2.75, 3.05) is 11.9 Å². The van der Waals surface area contributed by atoms with E-state index in [0.29, 0.717) is 12.2 Å². The standard InChI is InChI=1S/C9H11F2N.C2H6.H2/c1-3-12-7-4-8(10)6(2)9(11)5-7;1-2;/h4-5,12H,3H2,1-2H3;1-2H3;1H. The van der Waals surface area contributed by atoms with Gasteiger partial charge in [0.15, 0.2) is 0 Å². The summed E-state index contributed by atoms with van der Waals surface area (Å²) in [5.74, 6) is -1.02. The summed E-state index contributed by atoms with van der Waals surface area (Å²) < 4.78 is 25.8. The van der Waals surface area contributed by atoms with Crippen molar-refractivity contribution in [3.05, 3.63) is 29.3 Å². The highest BCUT2D eigenvalue weighted by atomic mass is 19.1. The molecule has 14 heavy (non-hydrogen) atoms. The minimum absolute atomic E-state index is 0. The summed E-state index contributed by atoms with van der Waals surface area (Å²) >= 11 is 0. The van der Waals surface area contributed by atoms with E-state index in [1.165, 1.54) is 19.1 Å². The SMILES string of the molecule is CC.CCNc1cc(F)c(C)c(F)c1.[HH]. The Kier molecular flexibility index (Phi) is 5.84. The van der Waals surface area contributed by atoms with Gasteiger partial charge in [-0.1, -0.05) is 13.8 Å². The first kappa shape index (κ1) is 12.9. The van der Waals surface area contributed by atoms with E-state index in [1.54, 1.807) is 0 Å². The molecular weight excluding hydrogens is 184 g/mol. The Morgan fingerprint density at radius 1 is 1.21 bits per heavy atom. The maximum atomic E-state index is 12.9. The molecule has 0 spiro atoms. The summed E-state index contributed by atoms with van der Waals surface area (Å²) in [6.07, 6.45) is 0. The number of hydrogen-bond acceptors (Lipinski definition) is 1. The van der Waals surface area contributed by atoms with Crippen molar-refractivity contribution in [2.45, 2.75) is 27.7 Å². The highest BCUT2D eigenvalue weighted by Crippen LogP contribution is 2.17. The molecule has 1 nitrogen and oxygen atoms in total. The van der Waals surface area contributed by atoms with Crippen LogP contribution in [0.25, 0.3) is 0 Å². The number of halogens is 2. The van der Waals surface area contributed by atoms with Gasteiger partial charge in [-0.05, 0) is 26.0 Å². The van der Waals surface area contributed by atoms with Crippen LogP contribution in [0.15, 0.2) is 12.1 Å². The predicted octanol–water partition coefficient (Wildman–Crippen LogP) is 3.98. The molecule has 0 bridgehead atoms. The number of hydrogen-bond donors (Lipinski definition) is 1. The van der Waals surface area contributed by atoms with Crippen LogP contribution in [0.3, 0.4) is 0 Å². The third kappa shape index (κ3) is 3.32. The van der Waals surface area contributed by atoms with Crippen LogP contribution in [-0.2, 0) is 0 Å². The van der Waals surface area contributed by atoms with Crippen molar-refractivity contribution in [1.29, 1.82) is 0 Å². The fourth-order valence-electron chi connectivity index (χ4n) is 0.951. The van der Waals surface area contributed by atoms with Gasteiger partial charge in [0.1, 0.15) is 11.6 Å². The second-order valence-electron chi connectivity index (χ2n) is 2.60. The summed E-state index contributed by atoms with van der Waals surface area (Å²) in [6, 6.07) is 2.59. The van der Waals surface area contributed by atoms with Gasteiger partial charge in [0, 0.05) is 19.2 Å². The molecule has 0 fully saturated rings. The van der Waals surface area contributed by atoms with E-state index in [0.717, 1.165) is 0 Å². The number of benzene rings is 1. The van der Waals surface area contributed by atoms with Gasteiger partial charge in [-0.2, -0.15) is 0 Å². The van der Waals surface area contributed by atoms with Crippen molar-refractivity contribution in [1.82, 2.24) is 0 Å². The van der Waals surface area contributed by atoms with Gasteiger partial charge in [0.25, 0.3) is 0 Å². The fraction of sp³-hybridized carbons (Fsp3) is 0.455. The Balaban J connectivity index is 0.